The zero-order valence-electron chi connectivity index (χ0n) is 16.5. The highest BCUT2D eigenvalue weighted by Gasteiger charge is 2.23. The van der Waals surface area contributed by atoms with E-state index >= 15 is 4.39 Å². The Morgan fingerprint density at radius 1 is 0.424 bits per heavy atom. The molecule has 7 heteroatoms. The minimum absolute atomic E-state index is 0.00207. The van der Waals surface area contributed by atoms with Crippen molar-refractivity contribution in [2.75, 3.05) is 0 Å². The third-order valence-corrected chi connectivity index (χ3v) is 5.54. The second kappa shape index (κ2) is 7.62. The van der Waals surface area contributed by atoms with E-state index in [1.807, 2.05) is 0 Å². The summed E-state index contributed by atoms with van der Waals surface area (Å²) in [6.45, 7) is 0. The maximum absolute atomic E-state index is 15.2. The lowest BCUT2D eigenvalue weighted by Crippen LogP contribution is -1.97. The fourth-order valence-corrected chi connectivity index (χ4v) is 4.16. The third kappa shape index (κ3) is 3.31. The average molecular weight is 456 g/mol. The van der Waals surface area contributed by atoms with Crippen LogP contribution in [-0.2, 0) is 0 Å². The van der Waals surface area contributed by atoms with E-state index in [4.69, 9.17) is 0 Å². The fourth-order valence-electron chi connectivity index (χ4n) is 4.16. The molecule has 0 N–H and O–H groups in total. The van der Waals surface area contributed by atoms with Crippen molar-refractivity contribution < 1.29 is 30.7 Å². The van der Waals surface area contributed by atoms with Crippen molar-refractivity contribution in [1.29, 1.82) is 0 Å². The van der Waals surface area contributed by atoms with E-state index in [9.17, 15) is 26.3 Å². The van der Waals surface area contributed by atoms with Gasteiger partial charge in [-0.05, 0) is 64.2 Å². The smallest absolute Gasteiger partial charge is 0.159 e. The molecule has 5 rings (SSSR count). The Morgan fingerprint density at radius 2 is 1.09 bits per heavy atom. The van der Waals surface area contributed by atoms with Crippen LogP contribution in [0.15, 0.2) is 66.7 Å². The molecule has 0 aliphatic heterocycles. The fraction of sp³-hybridized carbons (Fsp3) is 0. The van der Waals surface area contributed by atoms with Crippen LogP contribution in [0.3, 0.4) is 0 Å². The molecular weight excluding hydrogens is 445 g/mol. The summed E-state index contributed by atoms with van der Waals surface area (Å²) in [4.78, 5) is 0. The van der Waals surface area contributed by atoms with Gasteiger partial charge in [-0.25, -0.2) is 30.7 Å². The van der Waals surface area contributed by atoms with Gasteiger partial charge in [-0.2, -0.15) is 0 Å². The van der Waals surface area contributed by atoms with Crippen molar-refractivity contribution in [1.82, 2.24) is 0 Å². The Labute approximate surface area is 182 Å². The molecule has 0 radical (unpaired) electrons. The molecule has 0 aliphatic carbocycles. The monoisotopic (exact) mass is 456 g/mol. The maximum atomic E-state index is 15.2. The van der Waals surface area contributed by atoms with Crippen molar-refractivity contribution >= 4 is 21.5 Å². The summed E-state index contributed by atoms with van der Waals surface area (Å²) in [5.41, 5.74) is -0.185. The SMILES string of the molecule is Fc1ccc(-c2c3cc(F)c(F)cc3c(-c3ccc(F)c(F)c3)c3c(F)cccc23)c(F)c1. The summed E-state index contributed by atoms with van der Waals surface area (Å²) in [5.74, 6) is -7.54. The first-order valence-electron chi connectivity index (χ1n) is 9.70. The quantitative estimate of drug-likeness (QED) is 0.185. The number of halogens is 7. The van der Waals surface area contributed by atoms with Crippen LogP contribution in [0.2, 0.25) is 0 Å². The Morgan fingerprint density at radius 3 is 1.76 bits per heavy atom. The minimum Gasteiger partial charge on any atom is -0.207 e. The van der Waals surface area contributed by atoms with Gasteiger partial charge in [-0.1, -0.05) is 18.2 Å². The maximum Gasteiger partial charge on any atom is 0.159 e. The molecular formula is C26H11F7. The highest BCUT2D eigenvalue weighted by atomic mass is 19.2. The van der Waals surface area contributed by atoms with E-state index < -0.39 is 40.7 Å². The van der Waals surface area contributed by atoms with Crippen molar-refractivity contribution in [3.05, 3.63) is 107 Å². The molecule has 0 aromatic heterocycles. The van der Waals surface area contributed by atoms with E-state index in [1.54, 1.807) is 0 Å². The van der Waals surface area contributed by atoms with Crippen molar-refractivity contribution in [2.45, 2.75) is 0 Å². The molecule has 0 atom stereocenters. The summed E-state index contributed by atoms with van der Waals surface area (Å²) in [6, 6.07) is 11.0. The van der Waals surface area contributed by atoms with Gasteiger partial charge in [0.2, 0.25) is 0 Å². The highest BCUT2D eigenvalue weighted by molar-refractivity contribution is 6.21. The molecule has 0 aliphatic rings. The molecule has 0 saturated heterocycles. The minimum atomic E-state index is -1.27. The molecule has 0 unspecified atom stereocenters. The Balaban J connectivity index is 2.06. The molecule has 33 heavy (non-hydrogen) atoms. The first-order chi connectivity index (χ1) is 15.8. The predicted molar refractivity (Wildman–Crippen MR) is 112 cm³/mol. The molecule has 0 saturated carbocycles. The summed E-state index contributed by atoms with van der Waals surface area (Å²) in [6.07, 6.45) is 0. The summed E-state index contributed by atoms with van der Waals surface area (Å²) >= 11 is 0. The number of hydrogen-bond donors (Lipinski definition) is 0. The van der Waals surface area contributed by atoms with E-state index in [1.165, 1.54) is 18.2 Å². The Bertz CT molecular complexity index is 1590. The summed E-state index contributed by atoms with van der Waals surface area (Å²) in [5, 5.41) is -0.118. The van der Waals surface area contributed by atoms with Crippen LogP contribution < -0.4 is 0 Å². The average Bonchev–Trinajstić information content (AvgIpc) is 2.76. The van der Waals surface area contributed by atoms with Crippen LogP contribution in [0.25, 0.3) is 43.8 Å². The first-order valence-corrected chi connectivity index (χ1v) is 9.70. The molecule has 0 heterocycles. The third-order valence-electron chi connectivity index (χ3n) is 5.54. The number of fused-ring (bicyclic) bond motifs is 2. The number of hydrogen-bond acceptors (Lipinski definition) is 0. The lowest BCUT2D eigenvalue weighted by molar-refractivity contribution is 0.509. The summed E-state index contributed by atoms with van der Waals surface area (Å²) < 4.78 is 99.8. The zero-order chi connectivity index (χ0) is 23.4. The molecule has 5 aromatic carbocycles. The van der Waals surface area contributed by atoms with Gasteiger partial charge in [0, 0.05) is 28.1 Å². The highest BCUT2D eigenvalue weighted by Crippen LogP contribution is 2.45. The number of rotatable bonds is 2. The summed E-state index contributed by atoms with van der Waals surface area (Å²) in [7, 11) is 0. The van der Waals surface area contributed by atoms with E-state index in [0.717, 1.165) is 42.5 Å². The zero-order valence-corrected chi connectivity index (χ0v) is 16.5. The first kappa shape index (κ1) is 21.0. The van der Waals surface area contributed by atoms with Gasteiger partial charge in [0.1, 0.15) is 17.5 Å². The lowest BCUT2D eigenvalue weighted by atomic mass is 9.85. The van der Waals surface area contributed by atoms with Crippen molar-refractivity contribution in [3.63, 3.8) is 0 Å². The second-order valence-electron chi connectivity index (χ2n) is 7.48. The van der Waals surface area contributed by atoms with Crippen molar-refractivity contribution in [3.8, 4) is 22.3 Å². The van der Waals surface area contributed by atoms with E-state index in [2.05, 4.69) is 0 Å². The lowest BCUT2D eigenvalue weighted by Gasteiger charge is -2.19. The van der Waals surface area contributed by atoms with Gasteiger partial charge in [0.25, 0.3) is 0 Å². The number of benzene rings is 5. The normalized spacial score (nSPS) is 11.5. The van der Waals surface area contributed by atoms with Crippen LogP contribution in [0.5, 0.6) is 0 Å². The Kier molecular flexibility index (Phi) is 4.85. The molecule has 0 bridgehead atoms. The van der Waals surface area contributed by atoms with Crippen LogP contribution >= 0.6 is 0 Å². The van der Waals surface area contributed by atoms with Gasteiger partial charge in [0.05, 0.1) is 0 Å². The Hall–Kier alpha value is -3.87. The van der Waals surface area contributed by atoms with E-state index in [-0.39, 0.29) is 43.8 Å². The van der Waals surface area contributed by atoms with E-state index in [0.29, 0.717) is 6.07 Å². The molecule has 5 aromatic rings. The van der Waals surface area contributed by atoms with Crippen LogP contribution in [-0.4, -0.2) is 0 Å². The second-order valence-corrected chi connectivity index (χ2v) is 7.48. The van der Waals surface area contributed by atoms with Gasteiger partial charge in [0.15, 0.2) is 23.3 Å². The molecule has 0 fully saturated rings. The standard InChI is InChI=1S/C26H11F7/c27-13-5-6-14(20(30)9-13)25-15-2-1-3-19(29)26(15)24(12-4-7-18(28)21(31)8-12)16-10-22(32)23(33)11-17(16)25/h1-11H. The van der Waals surface area contributed by atoms with Gasteiger partial charge < -0.3 is 0 Å². The predicted octanol–water partition coefficient (Wildman–Crippen LogP) is 8.30. The largest absolute Gasteiger partial charge is 0.207 e. The topological polar surface area (TPSA) is 0 Å². The van der Waals surface area contributed by atoms with Crippen LogP contribution in [0, 0.1) is 40.7 Å². The van der Waals surface area contributed by atoms with Crippen molar-refractivity contribution in [2.24, 2.45) is 0 Å². The molecule has 164 valence electrons. The van der Waals surface area contributed by atoms with Crippen LogP contribution in [0.1, 0.15) is 0 Å². The van der Waals surface area contributed by atoms with Gasteiger partial charge >= 0.3 is 0 Å². The van der Waals surface area contributed by atoms with Gasteiger partial charge in [-0.15, -0.1) is 0 Å². The molecule has 0 amide bonds. The molecule has 0 nitrogen and oxygen atoms in total. The van der Waals surface area contributed by atoms with Gasteiger partial charge in [-0.3, -0.25) is 0 Å². The van der Waals surface area contributed by atoms with Crippen LogP contribution in [0.4, 0.5) is 30.7 Å². The molecule has 0 spiro atoms.